The van der Waals surface area contributed by atoms with Crippen LogP contribution in [-0.4, -0.2) is 19.1 Å². The summed E-state index contributed by atoms with van der Waals surface area (Å²) < 4.78 is 5.00. The number of carbonyl (C=O) groups is 1. The monoisotopic (exact) mass is 271 g/mol. The lowest BCUT2D eigenvalue weighted by molar-refractivity contribution is -0.143. The van der Waals surface area contributed by atoms with Gasteiger partial charge in [-0.25, -0.2) is 0 Å². The van der Waals surface area contributed by atoms with E-state index < -0.39 is 0 Å². The summed E-state index contributed by atoms with van der Waals surface area (Å²) in [4.78, 5) is 11.5. The molecule has 0 spiro atoms. The predicted octanol–water partition coefficient (Wildman–Crippen LogP) is 2.88. The standard InChI is InChI=1S/C14H21NO2.ClH/c1-2-17-14(16)11-13(9-6-10-15)12-7-4-3-5-8-12;/h3-5,7-8,13H,2,6,9-11,15H2,1H3;1H/t13-;/m0./s1. The molecule has 102 valence electrons. The first-order chi connectivity index (χ1) is 8.27. The number of halogens is 1. The topological polar surface area (TPSA) is 52.3 Å². The van der Waals surface area contributed by atoms with Crippen LogP contribution in [0.4, 0.5) is 0 Å². The number of carbonyl (C=O) groups excluding carboxylic acids is 1. The van der Waals surface area contributed by atoms with Gasteiger partial charge in [0.25, 0.3) is 0 Å². The molecule has 1 atom stereocenters. The van der Waals surface area contributed by atoms with Crippen LogP contribution < -0.4 is 5.73 Å². The van der Waals surface area contributed by atoms with Crippen molar-refractivity contribution in [3.8, 4) is 0 Å². The molecule has 0 unspecified atom stereocenters. The zero-order valence-electron chi connectivity index (χ0n) is 10.8. The van der Waals surface area contributed by atoms with Gasteiger partial charge in [0.05, 0.1) is 13.0 Å². The molecular formula is C14H22ClNO2. The molecule has 0 heterocycles. The third-order valence-corrected chi connectivity index (χ3v) is 2.75. The van der Waals surface area contributed by atoms with Crippen LogP contribution >= 0.6 is 12.4 Å². The number of rotatable bonds is 7. The highest BCUT2D eigenvalue weighted by molar-refractivity contribution is 5.85. The van der Waals surface area contributed by atoms with Crippen molar-refractivity contribution in [2.45, 2.75) is 32.1 Å². The molecule has 0 radical (unpaired) electrons. The lowest BCUT2D eigenvalue weighted by Gasteiger charge is -2.16. The third kappa shape index (κ3) is 6.03. The Hall–Kier alpha value is -1.06. The van der Waals surface area contributed by atoms with Crippen LogP contribution in [0.2, 0.25) is 0 Å². The van der Waals surface area contributed by atoms with Crippen molar-refractivity contribution in [3.05, 3.63) is 35.9 Å². The molecule has 0 aliphatic carbocycles. The molecule has 0 aliphatic rings. The van der Waals surface area contributed by atoms with E-state index in [0.29, 0.717) is 19.6 Å². The summed E-state index contributed by atoms with van der Waals surface area (Å²) in [6.45, 7) is 2.93. The first-order valence-electron chi connectivity index (χ1n) is 6.18. The van der Waals surface area contributed by atoms with Gasteiger partial charge in [-0.05, 0) is 37.8 Å². The quantitative estimate of drug-likeness (QED) is 0.776. The second-order valence-electron chi connectivity index (χ2n) is 4.05. The van der Waals surface area contributed by atoms with E-state index in [9.17, 15) is 4.79 Å². The average molecular weight is 272 g/mol. The maximum atomic E-state index is 11.5. The Kier molecular flexibility index (Phi) is 9.33. The molecular weight excluding hydrogens is 250 g/mol. The minimum absolute atomic E-state index is 0. The van der Waals surface area contributed by atoms with Crippen LogP contribution in [0.5, 0.6) is 0 Å². The number of ether oxygens (including phenoxy) is 1. The molecule has 0 bridgehead atoms. The van der Waals surface area contributed by atoms with Crippen molar-refractivity contribution < 1.29 is 9.53 Å². The number of nitrogens with two attached hydrogens (primary N) is 1. The highest BCUT2D eigenvalue weighted by Crippen LogP contribution is 2.24. The van der Waals surface area contributed by atoms with Crippen molar-refractivity contribution in [2.24, 2.45) is 5.73 Å². The van der Waals surface area contributed by atoms with E-state index in [1.807, 2.05) is 25.1 Å². The summed E-state index contributed by atoms with van der Waals surface area (Å²) in [5.74, 6) is 0.0946. The van der Waals surface area contributed by atoms with Crippen molar-refractivity contribution in [3.63, 3.8) is 0 Å². The molecule has 18 heavy (non-hydrogen) atoms. The van der Waals surface area contributed by atoms with Gasteiger partial charge >= 0.3 is 5.97 Å². The Balaban J connectivity index is 0.00000289. The zero-order valence-corrected chi connectivity index (χ0v) is 11.6. The van der Waals surface area contributed by atoms with Crippen molar-refractivity contribution in [2.75, 3.05) is 13.2 Å². The van der Waals surface area contributed by atoms with Gasteiger partial charge in [-0.2, -0.15) is 0 Å². The highest BCUT2D eigenvalue weighted by Gasteiger charge is 2.16. The molecule has 0 aromatic heterocycles. The van der Waals surface area contributed by atoms with Gasteiger partial charge in [0.15, 0.2) is 0 Å². The third-order valence-electron chi connectivity index (χ3n) is 2.75. The van der Waals surface area contributed by atoms with E-state index >= 15 is 0 Å². The molecule has 4 heteroatoms. The van der Waals surface area contributed by atoms with E-state index in [1.165, 1.54) is 5.56 Å². The molecule has 2 N–H and O–H groups in total. The molecule has 3 nitrogen and oxygen atoms in total. The lowest BCUT2D eigenvalue weighted by atomic mass is 9.91. The Bertz CT molecular complexity index is 330. The summed E-state index contributed by atoms with van der Waals surface area (Å²) in [5, 5.41) is 0. The summed E-state index contributed by atoms with van der Waals surface area (Å²) in [6.07, 6.45) is 2.30. The van der Waals surface area contributed by atoms with Crippen LogP contribution in [0.25, 0.3) is 0 Å². The van der Waals surface area contributed by atoms with Gasteiger partial charge in [-0.15, -0.1) is 12.4 Å². The fourth-order valence-corrected chi connectivity index (χ4v) is 1.90. The average Bonchev–Trinajstić information content (AvgIpc) is 2.36. The maximum Gasteiger partial charge on any atom is 0.306 e. The van der Waals surface area contributed by atoms with Crippen LogP contribution in [0.1, 0.15) is 37.7 Å². The summed E-state index contributed by atoms with van der Waals surface area (Å²) in [7, 11) is 0. The predicted molar refractivity (Wildman–Crippen MR) is 76.0 cm³/mol. The fourth-order valence-electron chi connectivity index (χ4n) is 1.90. The van der Waals surface area contributed by atoms with E-state index in [0.717, 1.165) is 12.8 Å². The highest BCUT2D eigenvalue weighted by atomic mass is 35.5. The van der Waals surface area contributed by atoms with Crippen LogP contribution in [0.3, 0.4) is 0 Å². The smallest absolute Gasteiger partial charge is 0.306 e. The molecule has 0 fully saturated rings. The van der Waals surface area contributed by atoms with Gasteiger partial charge in [-0.1, -0.05) is 30.3 Å². The second-order valence-corrected chi connectivity index (χ2v) is 4.05. The minimum atomic E-state index is -0.127. The van der Waals surface area contributed by atoms with Crippen LogP contribution in [0.15, 0.2) is 30.3 Å². The lowest BCUT2D eigenvalue weighted by Crippen LogP contribution is -2.12. The van der Waals surface area contributed by atoms with Crippen LogP contribution in [0, 0.1) is 0 Å². The van der Waals surface area contributed by atoms with Crippen LogP contribution in [-0.2, 0) is 9.53 Å². The normalized spacial score (nSPS) is 11.4. The number of esters is 1. The number of hydrogen-bond acceptors (Lipinski definition) is 3. The maximum absolute atomic E-state index is 11.5. The van der Waals surface area contributed by atoms with E-state index in [4.69, 9.17) is 10.5 Å². The number of benzene rings is 1. The van der Waals surface area contributed by atoms with E-state index in [2.05, 4.69) is 12.1 Å². The minimum Gasteiger partial charge on any atom is -0.466 e. The summed E-state index contributed by atoms with van der Waals surface area (Å²) >= 11 is 0. The largest absolute Gasteiger partial charge is 0.466 e. The first kappa shape index (κ1) is 16.9. The molecule has 1 rings (SSSR count). The summed E-state index contributed by atoms with van der Waals surface area (Å²) in [6, 6.07) is 10.1. The molecule has 0 saturated heterocycles. The summed E-state index contributed by atoms with van der Waals surface area (Å²) in [5.41, 5.74) is 6.72. The van der Waals surface area contributed by atoms with Crippen molar-refractivity contribution >= 4 is 18.4 Å². The van der Waals surface area contributed by atoms with Crippen molar-refractivity contribution in [1.29, 1.82) is 0 Å². The number of hydrogen-bond donors (Lipinski definition) is 1. The van der Waals surface area contributed by atoms with E-state index in [-0.39, 0.29) is 24.3 Å². The van der Waals surface area contributed by atoms with Gasteiger partial charge in [0.2, 0.25) is 0 Å². The fraction of sp³-hybridized carbons (Fsp3) is 0.500. The molecule has 0 amide bonds. The first-order valence-corrected chi connectivity index (χ1v) is 6.18. The Morgan fingerprint density at radius 1 is 1.33 bits per heavy atom. The van der Waals surface area contributed by atoms with Gasteiger partial charge < -0.3 is 10.5 Å². The van der Waals surface area contributed by atoms with Gasteiger partial charge in [0.1, 0.15) is 0 Å². The Labute approximate surface area is 115 Å². The van der Waals surface area contributed by atoms with Gasteiger partial charge in [-0.3, -0.25) is 4.79 Å². The Morgan fingerprint density at radius 3 is 2.56 bits per heavy atom. The van der Waals surface area contributed by atoms with Crippen molar-refractivity contribution in [1.82, 2.24) is 0 Å². The Morgan fingerprint density at radius 2 is 2.00 bits per heavy atom. The van der Waals surface area contributed by atoms with E-state index in [1.54, 1.807) is 0 Å². The molecule has 0 aliphatic heterocycles. The molecule has 0 saturated carbocycles. The SMILES string of the molecule is CCOC(=O)C[C@H](CCCN)c1ccccc1.Cl. The molecule has 1 aromatic rings. The molecule has 1 aromatic carbocycles. The zero-order chi connectivity index (χ0) is 12.5. The second kappa shape index (κ2) is 9.92. The van der Waals surface area contributed by atoms with Gasteiger partial charge in [0, 0.05) is 0 Å².